The van der Waals surface area contributed by atoms with Crippen LogP contribution in [-0.2, 0) is 0 Å². The average Bonchev–Trinajstić information content (AvgIpc) is 2.34. The van der Waals surface area contributed by atoms with E-state index in [0.717, 1.165) is 27.2 Å². The lowest BCUT2D eigenvalue weighted by atomic mass is 10.2. The Kier molecular flexibility index (Phi) is 3.77. The minimum atomic E-state index is 0.728. The van der Waals surface area contributed by atoms with Gasteiger partial charge in [-0.25, -0.2) is 0 Å². The molecule has 2 aromatic rings. The van der Waals surface area contributed by atoms with Crippen LogP contribution in [0.2, 0.25) is 0 Å². The molecule has 3 N–H and O–H groups in total. The van der Waals surface area contributed by atoms with E-state index in [9.17, 15) is 0 Å². The third-order valence-electron chi connectivity index (χ3n) is 2.67. The van der Waals surface area contributed by atoms with E-state index in [-0.39, 0.29) is 0 Å². The van der Waals surface area contributed by atoms with E-state index in [1.165, 1.54) is 0 Å². The van der Waals surface area contributed by atoms with Gasteiger partial charge in [-0.05, 0) is 30.3 Å². The molecule has 0 aliphatic carbocycles. The number of nitrogens with one attached hydrogen (secondary N) is 1. The first kappa shape index (κ1) is 12.8. The van der Waals surface area contributed by atoms with Crippen LogP contribution in [0.25, 0.3) is 0 Å². The molecule has 0 spiro atoms. The first-order valence-corrected chi connectivity index (χ1v) is 6.45. The van der Waals surface area contributed by atoms with Crippen molar-refractivity contribution >= 4 is 38.7 Å². The fraction of sp³-hybridized carbons (Fsp3) is 0.143. The second kappa shape index (κ2) is 5.31. The number of rotatable bonds is 3. The number of halogens is 1. The van der Waals surface area contributed by atoms with Gasteiger partial charge in [-0.15, -0.1) is 0 Å². The molecule has 0 heterocycles. The molecule has 0 unspecified atom stereocenters. The van der Waals surface area contributed by atoms with Crippen LogP contribution >= 0.6 is 15.9 Å². The van der Waals surface area contributed by atoms with Crippen molar-refractivity contribution in [3.63, 3.8) is 0 Å². The summed E-state index contributed by atoms with van der Waals surface area (Å²) in [5.41, 5.74) is 9.75. The lowest BCUT2D eigenvalue weighted by Gasteiger charge is -2.19. The second-order valence-electron chi connectivity index (χ2n) is 4.27. The lowest BCUT2D eigenvalue weighted by Crippen LogP contribution is -2.11. The zero-order chi connectivity index (χ0) is 13.1. The van der Waals surface area contributed by atoms with Crippen LogP contribution in [0.3, 0.4) is 0 Å². The first-order valence-electron chi connectivity index (χ1n) is 5.66. The van der Waals surface area contributed by atoms with Crippen molar-refractivity contribution in [3.05, 3.63) is 46.9 Å². The maximum absolute atomic E-state index is 5.97. The Morgan fingerprint density at radius 3 is 2.50 bits per heavy atom. The van der Waals surface area contributed by atoms with Crippen molar-refractivity contribution in [1.82, 2.24) is 0 Å². The quantitative estimate of drug-likeness (QED) is 0.847. The van der Waals surface area contributed by atoms with Crippen molar-refractivity contribution in [1.29, 1.82) is 0 Å². The van der Waals surface area contributed by atoms with Gasteiger partial charge in [0, 0.05) is 18.6 Å². The number of benzene rings is 2. The summed E-state index contributed by atoms with van der Waals surface area (Å²) in [4.78, 5) is 2.07. The number of nitrogens with zero attached hydrogens (tertiary/aromatic N) is 1. The normalized spacial score (nSPS) is 10.2. The molecule has 0 aromatic heterocycles. The Labute approximate surface area is 116 Å². The number of nitrogens with two attached hydrogens (primary N) is 1. The van der Waals surface area contributed by atoms with E-state index in [1.807, 2.05) is 50.5 Å². The molecule has 0 bridgehead atoms. The monoisotopic (exact) mass is 305 g/mol. The molecule has 4 heteroatoms. The summed E-state index contributed by atoms with van der Waals surface area (Å²) >= 11 is 3.45. The molecule has 0 fully saturated rings. The summed E-state index contributed by atoms with van der Waals surface area (Å²) < 4.78 is 1.00. The molecular weight excluding hydrogens is 290 g/mol. The molecule has 0 amide bonds. The molecule has 94 valence electrons. The minimum Gasteiger partial charge on any atom is -0.397 e. The van der Waals surface area contributed by atoms with E-state index in [4.69, 9.17) is 5.73 Å². The fourth-order valence-corrected chi connectivity index (χ4v) is 2.11. The topological polar surface area (TPSA) is 41.3 Å². The molecule has 2 aromatic carbocycles. The van der Waals surface area contributed by atoms with Crippen molar-refractivity contribution in [3.8, 4) is 0 Å². The summed E-state index contributed by atoms with van der Waals surface area (Å²) in [7, 11) is 4.04. The highest BCUT2D eigenvalue weighted by atomic mass is 79.9. The average molecular weight is 306 g/mol. The molecular formula is C14H16BrN3. The molecule has 18 heavy (non-hydrogen) atoms. The Morgan fingerprint density at radius 1 is 1.06 bits per heavy atom. The standard InChI is InChI=1S/C14H16BrN3/c1-18(2)14-6-4-3-5-12(14)17-13-9-10(15)7-8-11(13)16/h3-9,17H,16H2,1-2H3. The smallest absolute Gasteiger partial charge is 0.0629 e. The minimum absolute atomic E-state index is 0.728. The Bertz CT molecular complexity index is 552. The van der Waals surface area contributed by atoms with Crippen LogP contribution in [0.1, 0.15) is 0 Å². The highest BCUT2D eigenvalue weighted by Crippen LogP contribution is 2.31. The second-order valence-corrected chi connectivity index (χ2v) is 5.18. The number of anilines is 4. The maximum Gasteiger partial charge on any atom is 0.0629 e. The Balaban J connectivity index is 2.37. The van der Waals surface area contributed by atoms with Gasteiger partial charge in [-0.3, -0.25) is 0 Å². The summed E-state index contributed by atoms with van der Waals surface area (Å²) in [6.07, 6.45) is 0. The number of nitrogen functional groups attached to an aromatic ring is 1. The third-order valence-corrected chi connectivity index (χ3v) is 3.16. The van der Waals surface area contributed by atoms with Gasteiger partial charge < -0.3 is 16.0 Å². The predicted octanol–water partition coefficient (Wildman–Crippen LogP) is 3.84. The van der Waals surface area contributed by atoms with E-state index < -0.39 is 0 Å². The van der Waals surface area contributed by atoms with Gasteiger partial charge >= 0.3 is 0 Å². The zero-order valence-electron chi connectivity index (χ0n) is 10.4. The summed E-state index contributed by atoms with van der Waals surface area (Å²) in [5.74, 6) is 0. The van der Waals surface area contributed by atoms with Crippen molar-refractivity contribution in [2.24, 2.45) is 0 Å². The van der Waals surface area contributed by atoms with Crippen LogP contribution in [0.15, 0.2) is 46.9 Å². The largest absolute Gasteiger partial charge is 0.397 e. The van der Waals surface area contributed by atoms with Crippen LogP contribution in [-0.4, -0.2) is 14.1 Å². The van der Waals surface area contributed by atoms with Gasteiger partial charge in [0.25, 0.3) is 0 Å². The van der Waals surface area contributed by atoms with Gasteiger partial charge in [-0.1, -0.05) is 28.1 Å². The molecule has 0 aliphatic heterocycles. The number of hydrogen-bond acceptors (Lipinski definition) is 3. The van der Waals surface area contributed by atoms with Gasteiger partial charge in [0.2, 0.25) is 0 Å². The SMILES string of the molecule is CN(C)c1ccccc1Nc1cc(Br)ccc1N. The first-order chi connectivity index (χ1) is 8.58. The van der Waals surface area contributed by atoms with Gasteiger partial charge in [-0.2, -0.15) is 0 Å². The maximum atomic E-state index is 5.97. The van der Waals surface area contributed by atoms with E-state index in [0.29, 0.717) is 0 Å². The van der Waals surface area contributed by atoms with Crippen LogP contribution in [0.5, 0.6) is 0 Å². The summed E-state index contributed by atoms with van der Waals surface area (Å²) in [6.45, 7) is 0. The van der Waals surface area contributed by atoms with Gasteiger partial charge in [0.15, 0.2) is 0 Å². The third kappa shape index (κ3) is 2.76. The Hall–Kier alpha value is -1.68. The van der Waals surface area contributed by atoms with Crippen molar-refractivity contribution in [2.75, 3.05) is 30.0 Å². The zero-order valence-corrected chi connectivity index (χ0v) is 12.0. The summed E-state index contributed by atoms with van der Waals surface area (Å²) in [5, 5.41) is 3.37. The van der Waals surface area contributed by atoms with Crippen LogP contribution in [0.4, 0.5) is 22.7 Å². The predicted molar refractivity (Wildman–Crippen MR) is 82.6 cm³/mol. The van der Waals surface area contributed by atoms with E-state index in [2.05, 4.69) is 32.2 Å². The number of hydrogen-bond donors (Lipinski definition) is 2. The van der Waals surface area contributed by atoms with Crippen LogP contribution in [0, 0.1) is 0 Å². The van der Waals surface area contributed by atoms with Crippen LogP contribution < -0.4 is 16.0 Å². The molecule has 0 saturated heterocycles. The molecule has 0 radical (unpaired) electrons. The molecule has 2 rings (SSSR count). The highest BCUT2D eigenvalue weighted by Gasteiger charge is 2.06. The van der Waals surface area contributed by atoms with Gasteiger partial charge in [0.1, 0.15) is 0 Å². The van der Waals surface area contributed by atoms with Crippen molar-refractivity contribution in [2.45, 2.75) is 0 Å². The van der Waals surface area contributed by atoms with Crippen molar-refractivity contribution < 1.29 is 0 Å². The number of para-hydroxylation sites is 2. The lowest BCUT2D eigenvalue weighted by molar-refractivity contribution is 1.13. The summed E-state index contributed by atoms with van der Waals surface area (Å²) in [6, 6.07) is 13.9. The molecule has 0 saturated carbocycles. The van der Waals surface area contributed by atoms with E-state index in [1.54, 1.807) is 0 Å². The van der Waals surface area contributed by atoms with Gasteiger partial charge in [0.05, 0.1) is 22.7 Å². The Morgan fingerprint density at radius 2 is 1.78 bits per heavy atom. The molecule has 3 nitrogen and oxygen atoms in total. The van der Waals surface area contributed by atoms with E-state index >= 15 is 0 Å². The molecule has 0 aliphatic rings. The molecule has 0 atom stereocenters. The fourth-order valence-electron chi connectivity index (χ4n) is 1.75. The highest BCUT2D eigenvalue weighted by molar-refractivity contribution is 9.10.